The third kappa shape index (κ3) is 5.55. The third-order valence-corrected chi connectivity index (χ3v) is 3.97. The molecular formula is C22H20N2O5. The van der Waals surface area contributed by atoms with E-state index in [0.29, 0.717) is 11.5 Å². The summed E-state index contributed by atoms with van der Waals surface area (Å²) in [7, 11) is 0. The van der Waals surface area contributed by atoms with Crippen molar-refractivity contribution >= 4 is 18.1 Å². The van der Waals surface area contributed by atoms with Gasteiger partial charge in [0.2, 0.25) is 5.76 Å². The van der Waals surface area contributed by atoms with Crippen LogP contribution in [0.4, 0.5) is 0 Å². The number of nitrogens with zero attached hydrogens (tertiary/aromatic N) is 1. The molecule has 7 nitrogen and oxygen atoms in total. The highest BCUT2D eigenvalue weighted by Gasteiger charge is 2.11. The van der Waals surface area contributed by atoms with Crippen LogP contribution in [0.3, 0.4) is 0 Å². The zero-order chi connectivity index (χ0) is 20.6. The molecule has 0 unspecified atom stereocenters. The van der Waals surface area contributed by atoms with Gasteiger partial charge in [-0.25, -0.2) is 10.2 Å². The average Bonchev–Trinajstić information content (AvgIpc) is 3.24. The van der Waals surface area contributed by atoms with Crippen molar-refractivity contribution < 1.29 is 23.5 Å². The van der Waals surface area contributed by atoms with E-state index in [2.05, 4.69) is 10.5 Å². The molecule has 29 heavy (non-hydrogen) atoms. The Kier molecular flexibility index (Phi) is 6.42. The van der Waals surface area contributed by atoms with Crippen molar-refractivity contribution in [2.24, 2.45) is 5.10 Å². The maximum atomic E-state index is 11.9. The zero-order valence-electron chi connectivity index (χ0n) is 16.0. The molecular weight excluding hydrogens is 372 g/mol. The molecule has 1 heterocycles. The van der Waals surface area contributed by atoms with Crippen LogP contribution in [0, 0.1) is 13.8 Å². The standard InChI is InChI=1S/C22H20N2O5/c1-15-5-3-6-16(2)21(15)28-14-20(25)24-23-13-17-8-10-18(11-9-17)29-22(26)19-7-4-12-27-19/h3-13H,14H2,1-2H3,(H,24,25)/b23-13-. The third-order valence-electron chi connectivity index (χ3n) is 3.97. The number of rotatable bonds is 7. The van der Waals surface area contributed by atoms with E-state index in [1.165, 1.54) is 18.5 Å². The number of hydrogen-bond donors (Lipinski definition) is 1. The van der Waals surface area contributed by atoms with Gasteiger partial charge in [-0.05, 0) is 66.9 Å². The number of ether oxygens (including phenoxy) is 2. The van der Waals surface area contributed by atoms with Crippen molar-refractivity contribution in [2.45, 2.75) is 13.8 Å². The summed E-state index contributed by atoms with van der Waals surface area (Å²) in [4.78, 5) is 23.7. The molecule has 3 aromatic rings. The largest absolute Gasteiger partial charge is 0.483 e. The first-order valence-electron chi connectivity index (χ1n) is 8.89. The quantitative estimate of drug-likeness (QED) is 0.287. The van der Waals surface area contributed by atoms with Gasteiger partial charge in [0, 0.05) is 0 Å². The first-order valence-corrected chi connectivity index (χ1v) is 8.89. The summed E-state index contributed by atoms with van der Waals surface area (Å²) in [5.41, 5.74) is 5.07. The van der Waals surface area contributed by atoms with Gasteiger partial charge in [0.1, 0.15) is 11.5 Å². The minimum atomic E-state index is -0.576. The van der Waals surface area contributed by atoms with E-state index in [9.17, 15) is 9.59 Å². The number of benzene rings is 2. The van der Waals surface area contributed by atoms with Crippen LogP contribution in [0.15, 0.2) is 70.4 Å². The van der Waals surface area contributed by atoms with E-state index < -0.39 is 5.97 Å². The van der Waals surface area contributed by atoms with Crippen LogP contribution >= 0.6 is 0 Å². The van der Waals surface area contributed by atoms with E-state index >= 15 is 0 Å². The Morgan fingerprint density at radius 2 is 1.76 bits per heavy atom. The topological polar surface area (TPSA) is 90.1 Å². The van der Waals surface area contributed by atoms with Crippen molar-refractivity contribution in [3.8, 4) is 11.5 Å². The van der Waals surface area contributed by atoms with Crippen LogP contribution in [0.2, 0.25) is 0 Å². The summed E-state index contributed by atoms with van der Waals surface area (Å²) in [5, 5.41) is 3.90. The summed E-state index contributed by atoms with van der Waals surface area (Å²) >= 11 is 0. The molecule has 0 spiro atoms. The number of carbonyl (C=O) groups excluding carboxylic acids is 2. The molecule has 7 heteroatoms. The minimum Gasteiger partial charge on any atom is -0.483 e. The molecule has 0 aliphatic rings. The lowest BCUT2D eigenvalue weighted by Crippen LogP contribution is -2.25. The summed E-state index contributed by atoms with van der Waals surface area (Å²) in [6, 6.07) is 15.6. The highest BCUT2D eigenvalue weighted by Crippen LogP contribution is 2.22. The van der Waals surface area contributed by atoms with Gasteiger partial charge in [-0.15, -0.1) is 0 Å². The molecule has 0 bridgehead atoms. The summed E-state index contributed by atoms with van der Waals surface area (Å²) in [6.07, 6.45) is 2.88. The maximum absolute atomic E-state index is 11.9. The molecule has 1 aromatic heterocycles. The first-order chi connectivity index (χ1) is 14.0. The Labute approximate surface area is 167 Å². The Bertz CT molecular complexity index is 988. The fourth-order valence-electron chi connectivity index (χ4n) is 2.55. The van der Waals surface area contributed by atoms with Crippen LogP contribution in [-0.2, 0) is 4.79 Å². The predicted molar refractivity (Wildman–Crippen MR) is 107 cm³/mol. The van der Waals surface area contributed by atoms with Crippen molar-refractivity contribution in [2.75, 3.05) is 6.61 Å². The number of aryl methyl sites for hydroxylation is 2. The van der Waals surface area contributed by atoms with E-state index in [-0.39, 0.29) is 18.3 Å². The maximum Gasteiger partial charge on any atom is 0.379 e. The van der Waals surface area contributed by atoms with Gasteiger partial charge in [0.25, 0.3) is 5.91 Å². The highest BCUT2D eigenvalue weighted by atomic mass is 16.5. The number of amides is 1. The monoisotopic (exact) mass is 392 g/mol. The van der Waals surface area contributed by atoms with Crippen LogP contribution in [-0.4, -0.2) is 24.7 Å². The molecule has 1 N–H and O–H groups in total. The minimum absolute atomic E-state index is 0.126. The second kappa shape index (κ2) is 9.36. The summed E-state index contributed by atoms with van der Waals surface area (Å²) in [5.74, 6) is 0.253. The lowest BCUT2D eigenvalue weighted by atomic mass is 10.1. The normalized spacial score (nSPS) is 10.7. The second-order valence-corrected chi connectivity index (χ2v) is 6.24. The van der Waals surface area contributed by atoms with Crippen molar-refractivity contribution in [1.29, 1.82) is 0 Å². The number of esters is 1. The summed E-state index contributed by atoms with van der Waals surface area (Å²) < 4.78 is 15.7. The number of furan rings is 1. The van der Waals surface area contributed by atoms with Gasteiger partial charge in [-0.1, -0.05) is 18.2 Å². The Morgan fingerprint density at radius 3 is 2.41 bits per heavy atom. The van der Waals surface area contributed by atoms with E-state index in [4.69, 9.17) is 13.9 Å². The van der Waals surface area contributed by atoms with Gasteiger partial charge < -0.3 is 13.9 Å². The number of hydrogen-bond acceptors (Lipinski definition) is 6. The molecule has 1 amide bonds. The Balaban J connectivity index is 1.47. The molecule has 148 valence electrons. The lowest BCUT2D eigenvalue weighted by molar-refractivity contribution is -0.123. The van der Waals surface area contributed by atoms with Crippen molar-refractivity contribution in [3.05, 3.63) is 83.3 Å². The molecule has 0 saturated heterocycles. The second-order valence-electron chi connectivity index (χ2n) is 6.24. The van der Waals surface area contributed by atoms with Gasteiger partial charge >= 0.3 is 5.97 Å². The number of nitrogens with one attached hydrogen (secondary N) is 1. The molecule has 0 aliphatic heterocycles. The first kappa shape index (κ1) is 19.9. The van der Waals surface area contributed by atoms with E-state index in [1.807, 2.05) is 32.0 Å². The highest BCUT2D eigenvalue weighted by molar-refractivity contribution is 5.88. The molecule has 0 aliphatic carbocycles. The molecule has 3 rings (SSSR count). The zero-order valence-corrected chi connectivity index (χ0v) is 16.0. The SMILES string of the molecule is Cc1cccc(C)c1OCC(=O)N/N=C\c1ccc(OC(=O)c2ccco2)cc1. The molecule has 2 aromatic carbocycles. The predicted octanol–water partition coefficient (Wildman–Crippen LogP) is 3.64. The van der Waals surface area contributed by atoms with Gasteiger partial charge in [-0.2, -0.15) is 5.10 Å². The number of carbonyl (C=O) groups is 2. The Morgan fingerprint density at radius 1 is 1.03 bits per heavy atom. The Hall–Kier alpha value is -3.87. The van der Waals surface area contributed by atoms with Gasteiger partial charge in [0.05, 0.1) is 12.5 Å². The van der Waals surface area contributed by atoms with Crippen LogP contribution < -0.4 is 14.9 Å². The molecule has 0 atom stereocenters. The fraction of sp³-hybridized carbons (Fsp3) is 0.136. The molecule has 0 fully saturated rings. The van der Waals surface area contributed by atoms with Crippen LogP contribution in [0.1, 0.15) is 27.2 Å². The van der Waals surface area contributed by atoms with Crippen LogP contribution in [0.25, 0.3) is 0 Å². The smallest absolute Gasteiger partial charge is 0.379 e. The number of para-hydroxylation sites is 1. The lowest BCUT2D eigenvalue weighted by Gasteiger charge is -2.10. The van der Waals surface area contributed by atoms with Crippen molar-refractivity contribution in [1.82, 2.24) is 5.43 Å². The van der Waals surface area contributed by atoms with Gasteiger partial charge in [0.15, 0.2) is 6.61 Å². The summed E-state index contributed by atoms with van der Waals surface area (Å²) in [6.45, 7) is 3.71. The van der Waals surface area contributed by atoms with Gasteiger partial charge in [-0.3, -0.25) is 4.79 Å². The molecule has 0 saturated carbocycles. The average molecular weight is 392 g/mol. The molecule has 0 radical (unpaired) electrons. The van der Waals surface area contributed by atoms with Crippen molar-refractivity contribution in [3.63, 3.8) is 0 Å². The van der Waals surface area contributed by atoms with E-state index in [1.54, 1.807) is 30.3 Å². The number of hydrazone groups is 1. The van der Waals surface area contributed by atoms with Crippen LogP contribution in [0.5, 0.6) is 11.5 Å². The van der Waals surface area contributed by atoms with E-state index in [0.717, 1.165) is 16.7 Å². The fourth-order valence-corrected chi connectivity index (χ4v) is 2.55.